The predicted octanol–water partition coefficient (Wildman–Crippen LogP) is 2.04. The Labute approximate surface area is 126 Å². The first-order valence-electron chi connectivity index (χ1n) is 8.10. The number of nitrogens with zero attached hydrogens (tertiary/aromatic N) is 1. The molecule has 0 bridgehead atoms. The highest BCUT2D eigenvalue weighted by Crippen LogP contribution is 2.31. The summed E-state index contributed by atoms with van der Waals surface area (Å²) in [5.41, 5.74) is 2.25. The molecule has 0 radical (unpaired) electrons. The second kappa shape index (κ2) is 6.48. The minimum Gasteiger partial charge on any atom is -0.385 e. The molecule has 2 heterocycles. The van der Waals surface area contributed by atoms with E-state index in [1.54, 1.807) is 0 Å². The molecule has 0 aromatic heterocycles. The Kier molecular flexibility index (Phi) is 4.44. The largest absolute Gasteiger partial charge is 0.385 e. The number of carbonyl (C=O) groups excluding carboxylic acids is 1. The van der Waals surface area contributed by atoms with Gasteiger partial charge in [-0.15, -0.1) is 0 Å². The average Bonchev–Trinajstić information content (AvgIpc) is 3.00. The zero-order chi connectivity index (χ0) is 14.7. The molecule has 3 rings (SSSR count). The number of benzene rings is 1. The van der Waals surface area contributed by atoms with Crippen molar-refractivity contribution in [3.05, 3.63) is 29.8 Å². The quantitative estimate of drug-likeness (QED) is 0.891. The van der Waals surface area contributed by atoms with E-state index in [4.69, 9.17) is 0 Å². The summed E-state index contributed by atoms with van der Waals surface area (Å²) in [5, 5.41) is 6.56. The van der Waals surface area contributed by atoms with Crippen molar-refractivity contribution in [2.75, 3.05) is 38.0 Å². The zero-order valence-corrected chi connectivity index (χ0v) is 12.8. The van der Waals surface area contributed by atoms with Crippen LogP contribution in [0.25, 0.3) is 0 Å². The van der Waals surface area contributed by atoms with E-state index in [0.29, 0.717) is 5.92 Å². The fourth-order valence-corrected chi connectivity index (χ4v) is 3.48. The number of amides is 1. The average molecular weight is 287 g/mol. The van der Waals surface area contributed by atoms with E-state index < -0.39 is 0 Å². The molecular formula is C17H25N3O. The van der Waals surface area contributed by atoms with Gasteiger partial charge in [0.05, 0.1) is 5.92 Å². The van der Waals surface area contributed by atoms with Gasteiger partial charge in [0.15, 0.2) is 0 Å². The lowest BCUT2D eigenvalue weighted by atomic mass is 9.90. The summed E-state index contributed by atoms with van der Waals surface area (Å²) in [7, 11) is 0. The SMILES string of the molecule is CCN1CCC(CNC(=O)C2CCNc3ccccc32)C1. The molecular weight excluding hydrogens is 262 g/mol. The Balaban J connectivity index is 1.57. The number of para-hydroxylation sites is 1. The van der Waals surface area contributed by atoms with E-state index in [2.05, 4.69) is 34.6 Å². The van der Waals surface area contributed by atoms with Crippen LogP contribution in [0, 0.1) is 5.92 Å². The number of carbonyl (C=O) groups is 1. The number of nitrogens with one attached hydrogen (secondary N) is 2. The predicted molar refractivity (Wildman–Crippen MR) is 85.5 cm³/mol. The monoisotopic (exact) mass is 287 g/mol. The molecule has 4 nitrogen and oxygen atoms in total. The van der Waals surface area contributed by atoms with Crippen LogP contribution in [0.1, 0.15) is 31.2 Å². The van der Waals surface area contributed by atoms with E-state index in [1.165, 1.54) is 13.0 Å². The highest BCUT2D eigenvalue weighted by Gasteiger charge is 2.27. The van der Waals surface area contributed by atoms with Crippen molar-refractivity contribution >= 4 is 11.6 Å². The zero-order valence-electron chi connectivity index (χ0n) is 12.8. The minimum atomic E-state index is 0.00568. The van der Waals surface area contributed by atoms with Gasteiger partial charge in [-0.25, -0.2) is 0 Å². The van der Waals surface area contributed by atoms with Crippen LogP contribution in [0.15, 0.2) is 24.3 Å². The number of fused-ring (bicyclic) bond motifs is 1. The fraction of sp³-hybridized carbons (Fsp3) is 0.588. The third-order valence-corrected chi connectivity index (χ3v) is 4.78. The van der Waals surface area contributed by atoms with Crippen molar-refractivity contribution in [3.8, 4) is 0 Å². The van der Waals surface area contributed by atoms with Gasteiger partial charge in [-0.05, 0) is 43.5 Å². The lowest BCUT2D eigenvalue weighted by Gasteiger charge is -2.26. The van der Waals surface area contributed by atoms with Gasteiger partial charge in [0, 0.05) is 25.3 Å². The molecule has 1 aromatic rings. The van der Waals surface area contributed by atoms with Crippen molar-refractivity contribution in [2.24, 2.45) is 5.92 Å². The maximum absolute atomic E-state index is 12.5. The van der Waals surface area contributed by atoms with Gasteiger partial charge >= 0.3 is 0 Å². The molecule has 1 amide bonds. The van der Waals surface area contributed by atoms with Crippen LogP contribution >= 0.6 is 0 Å². The van der Waals surface area contributed by atoms with Crippen LogP contribution in [-0.4, -0.2) is 43.5 Å². The topological polar surface area (TPSA) is 44.4 Å². The molecule has 21 heavy (non-hydrogen) atoms. The molecule has 0 saturated carbocycles. The number of likely N-dealkylation sites (tertiary alicyclic amines) is 1. The van der Waals surface area contributed by atoms with Crippen LogP contribution in [0.5, 0.6) is 0 Å². The normalized spacial score (nSPS) is 25.2. The van der Waals surface area contributed by atoms with Crippen molar-refractivity contribution in [1.82, 2.24) is 10.2 Å². The van der Waals surface area contributed by atoms with Crippen LogP contribution in [0.3, 0.4) is 0 Å². The minimum absolute atomic E-state index is 0.00568. The van der Waals surface area contributed by atoms with Crippen molar-refractivity contribution < 1.29 is 4.79 Å². The molecule has 2 unspecified atom stereocenters. The second-order valence-electron chi connectivity index (χ2n) is 6.15. The van der Waals surface area contributed by atoms with Gasteiger partial charge in [-0.1, -0.05) is 25.1 Å². The summed E-state index contributed by atoms with van der Waals surface area (Å²) in [6, 6.07) is 8.16. The van der Waals surface area contributed by atoms with E-state index in [1.807, 2.05) is 12.1 Å². The summed E-state index contributed by atoms with van der Waals surface area (Å²) in [5.74, 6) is 0.816. The first-order chi connectivity index (χ1) is 10.3. The van der Waals surface area contributed by atoms with Crippen LogP contribution in [0.2, 0.25) is 0 Å². The molecule has 2 atom stereocenters. The Morgan fingerprint density at radius 3 is 3.05 bits per heavy atom. The Morgan fingerprint density at radius 1 is 1.38 bits per heavy atom. The van der Waals surface area contributed by atoms with Crippen molar-refractivity contribution in [2.45, 2.75) is 25.7 Å². The Bertz CT molecular complexity index is 503. The molecule has 114 valence electrons. The first kappa shape index (κ1) is 14.4. The van der Waals surface area contributed by atoms with Gasteiger partial charge in [0.25, 0.3) is 0 Å². The molecule has 1 aromatic carbocycles. The number of hydrogen-bond donors (Lipinski definition) is 2. The number of rotatable bonds is 4. The fourth-order valence-electron chi connectivity index (χ4n) is 3.48. The standard InChI is InChI=1S/C17H25N3O/c1-2-20-10-8-13(12-20)11-19-17(21)15-7-9-18-16-6-4-3-5-14(15)16/h3-6,13,15,18H,2,7-12H2,1H3,(H,19,21). The van der Waals surface area contributed by atoms with Gasteiger partial charge in [-0.2, -0.15) is 0 Å². The molecule has 1 fully saturated rings. The number of hydrogen-bond acceptors (Lipinski definition) is 3. The molecule has 2 N–H and O–H groups in total. The summed E-state index contributed by atoms with van der Waals surface area (Å²) in [6.45, 7) is 7.31. The molecule has 2 aliphatic rings. The van der Waals surface area contributed by atoms with Crippen LogP contribution < -0.4 is 10.6 Å². The van der Waals surface area contributed by atoms with Gasteiger partial charge in [-0.3, -0.25) is 4.79 Å². The highest BCUT2D eigenvalue weighted by molar-refractivity contribution is 5.86. The molecule has 4 heteroatoms. The van der Waals surface area contributed by atoms with E-state index >= 15 is 0 Å². The third-order valence-electron chi connectivity index (χ3n) is 4.78. The van der Waals surface area contributed by atoms with Crippen LogP contribution in [0.4, 0.5) is 5.69 Å². The highest BCUT2D eigenvalue weighted by atomic mass is 16.1. The van der Waals surface area contributed by atoms with Gasteiger partial charge in [0.2, 0.25) is 5.91 Å². The lowest BCUT2D eigenvalue weighted by molar-refractivity contribution is -0.122. The summed E-state index contributed by atoms with van der Waals surface area (Å²) < 4.78 is 0. The van der Waals surface area contributed by atoms with E-state index in [-0.39, 0.29) is 11.8 Å². The third kappa shape index (κ3) is 3.21. The van der Waals surface area contributed by atoms with E-state index in [0.717, 1.165) is 43.9 Å². The van der Waals surface area contributed by atoms with E-state index in [9.17, 15) is 4.79 Å². The van der Waals surface area contributed by atoms with Gasteiger partial charge < -0.3 is 15.5 Å². The molecule has 0 spiro atoms. The maximum atomic E-state index is 12.5. The Morgan fingerprint density at radius 2 is 2.24 bits per heavy atom. The summed E-state index contributed by atoms with van der Waals surface area (Å²) in [6.07, 6.45) is 2.09. The first-order valence-corrected chi connectivity index (χ1v) is 8.10. The molecule has 0 aliphatic carbocycles. The van der Waals surface area contributed by atoms with Gasteiger partial charge in [0.1, 0.15) is 0 Å². The number of anilines is 1. The summed E-state index contributed by atoms with van der Waals surface area (Å²) >= 11 is 0. The lowest BCUT2D eigenvalue weighted by Crippen LogP contribution is -2.36. The summed E-state index contributed by atoms with van der Waals surface area (Å²) in [4.78, 5) is 15.0. The maximum Gasteiger partial charge on any atom is 0.227 e. The second-order valence-corrected chi connectivity index (χ2v) is 6.15. The molecule has 1 saturated heterocycles. The Hall–Kier alpha value is -1.55. The van der Waals surface area contributed by atoms with Crippen molar-refractivity contribution in [1.29, 1.82) is 0 Å². The van der Waals surface area contributed by atoms with Crippen molar-refractivity contribution in [3.63, 3.8) is 0 Å². The van der Waals surface area contributed by atoms with Crippen LogP contribution in [-0.2, 0) is 4.79 Å². The smallest absolute Gasteiger partial charge is 0.227 e. The molecule has 2 aliphatic heterocycles.